The summed E-state index contributed by atoms with van der Waals surface area (Å²) < 4.78 is 0. The van der Waals surface area contributed by atoms with Crippen LogP contribution in [0, 0.1) is 0 Å². The normalized spacial score (nSPS) is 15.6. The number of H-pyrrole nitrogens is 1. The number of hydrogen-bond donors (Lipinski definition) is 5. The summed E-state index contributed by atoms with van der Waals surface area (Å²) in [5, 5.41) is 23.6. The zero-order valence-corrected chi connectivity index (χ0v) is 20.8. The standard InChI is InChI=1S/C17H29N3O2.C10H10N2O/c1-14(13-21)20(11-9-17(22)7-2-3-8-17)10-6-15-4-5-16(18)19-12-15;1-11-10(13)9-6-7-4-2-3-5-8(7)12-9/h4-5,12,14,21-22H,2-3,6-11,13H2,1H3,(H2,18,19);2-6,12H,1H3,(H,11,13)/t14-;/m0./s1. The van der Waals surface area contributed by atoms with Gasteiger partial charge in [0, 0.05) is 43.3 Å². The summed E-state index contributed by atoms with van der Waals surface area (Å²) in [5.74, 6) is 0.448. The molecule has 8 nitrogen and oxygen atoms in total. The van der Waals surface area contributed by atoms with Crippen LogP contribution < -0.4 is 11.1 Å². The topological polar surface area (TPSA) is 128 Å². The molecule has 0 radical (unpaired) electrons. The number of aromatic nitrogens is 2. The molecular weight excluding hydrogens is 442 g/mol. The molecule has 6 N–H and O–H groups in total. The van der Waals surface area contributed by atoms with Crippen LogP contribution in [0.1, 0.15) is 55.1 Å². The number of aliphatic hydroxyl groups is 2. The highest BCUT2D eigenvalue weighted by molar-refractivity contribution is 5.97. The molecule has 3 aromatic rings. The largest absolute Gasteiger partial charge is 0.395 e. The number of nitrogens with two attached hydrogens (primary N) is 1. The Kier molecular flexibility index (Phi) is 9.65. The van der Waals surface area contributed by atoms with E-state index in [0.29, 0.717) is 11.5 Å². The van der Waals surface area contributed by atoms with Crippen molar-refractivity contribution < 1.29 is 15.0 Å². The first kappa shape index (κ1) is 26.7. The van der Waals surface area contributed by atoms with E-state index in [1.807, 2.05) is 55.6 Å². The number of hydrogen-bond acceptors (Lipinski definition) is 6. The molecule has 0 bridgehead atoms. The quantitative estimate of drug-likeness (QED) is 0.320. The fraction of sp³-hybridized carbons (Fsp3) is 0.481. The van der Waals surface area contributed by atoms with Crippen molar-refractivity contribution in [3.8, 4) is 0 Å². The van der Waals surface area contributed by atoms with E-state index in [1.54, 1.807) is 7.05 Å². The van der Waals surface area contributed by atoms with Gasteiger partial charge in [0.25, 0.3) is 5.91 Å². The average molecular weight is 482 g/mol. The lowest BCUT2D eigenvalue weighted by atomic mass is 9.97. The molecule has 1 aliphatic carbocycles. The van der Waals surface area contributed by atoms with Crippen LogP contribution in [-0.4, -0.2) is 69.4 Å². The minimum atomic E-state index is -0.490. The summed E-state index contributed by atoms with van der Waals surface area (Å²) in [6.45, 7) is 3.84. The maximum Gasteiger partial charge on any atom is 0.267 e. The number of amides is 1. The lowest BCUT2D eigenvalue weighted by Crippen LogP contribution is -2.41. The second-order valence-electron chi connectivity index (χ2n) is 9.44. The number of rotatable bonds is 9. The molecule has 1 aromatic carbocycles. The second kappa shape index (κ2) is 12.7. The van der Waals surface area contributed by atoms with Gasteiger partial charge in [0.15, 0.2) is 0 Å². The molecule has 2 heterocycles. The summed E-state index contributed by atoms with van der Waals surface area (Å²) in [6, 6.07) is 13.6. The number of nitrogens with zero attached hydrogens (tertiary/aromatic N) is 2. The highest BCUT2D eigenvalue weighted by atomic mass is 16.3. The zero-order chi connectivity index (χ0) is 25.3. The summed E-state index contributed by atoms with van der Waals surface area (Å²) in [6.07, 6.45) is 7.55. The third-order valence-electron chi connectivity index (χ3n) is 6.82. The zero-order valence-electron chi connectivity index (χ0n) is 20.8. The Labute approximate surface area is 207 Å². The molecule has 2 aromatic heterocycles. The molecule has 1 aliphatic rings. The van der Waals surface area contributed by atoms with Gasteiger partial charge in [0.2, 0.25) is 0 Å². The van der Waals surface area contributed by atoms with Gasteiger partial charge in [0.05, 0.1) is 12.2 Å². The number of aliphatic hydroxyl groups excluding tert-OH is 1. The van der Waals surface area contributed by atoms with Crippen LogP contribution >= 0.6 is 0 Å². The predicted octanol–water partition coefficient (Wildman–Crippen LogP) is 3.11. The van der Waals surface area contributed by atoms with Gasteiger partial charge in [0.1, 0.15) is 11.5 Å². The first-order valence-electron chi connectivity index (χ1n) is 12.4. The fourth-order valence-electron chi connectivity index (χ4n) is 4.49. The van der Waals surface area contributed by atoms with E-state index in [2.05, 4.69) is 20.2 Å². The van der Waals surface area contributed by atoms with Crippen LogP contribution in [0.3, 0.4) is 0 Å². The SMILES string of the molecule is CNC(=O)c1cc2ccccc2[nH]1.C[C@@H](CO)N(CCc1ccc(N)nc1)CCC1(O)CCCC1. The van der Waals surface area contributed by atoms with E-state index in [-0.39, 0.29) is 18.6 Å². The fourth-order valence-corrected chi connectivity index (χ4v) is 4.49. The Hall–Kier alpha value is -2.94. The highest BCUT2D eigenvalue weighted by Crippen LogP contribution is 2.32. The first-order valence-corrected chi connectivity index (χ1v) is 12.4. The maximum atomic E-state index is 11.2. The number of fused-ring (bicyclic) bond motifs is 1. The van der Waals surface area contributed by atoms with Crippen molar-refractivity contribution >= 4 is 22.6 Å². The van der Waals surface area contributed by atoms with Crippen LogP contribution in [0.4, 0.5) is 5.82 Å². The monoisotopic (exact) mass is 481 g/mol. The summed E-state index contributed by atoms with van der Waals surface area (Å²) in [4.78, 5) is 20.6. The molecule has 4 rings (SSSR count). The van der Waals surface area contributed by atoms with Gasteiger partial charge in [-0.05, 0) is 56.4 Å². The molecule has 35 heavy (non-hydrogen) atoms. The number of anilines is 1. The van der Waals surface area contributed by atoms with Crippen molar-refractivity contribution in [2.75, 3.05) is 32.5 Å². The van der Waals surface area contributed by atoms with Gasteiger partial charge in [-0.25, -0.2) is 4.98 Å². The van der Waals surface area contributed by atoms with Crippen molar-refractivity contribution in [2.24, 2.45) is 0 Å². The lowest BCUT2D eigenvalue weighted by Gasteiger charge is -2.31. The van der Waals surface area contributed by atoms with Gasteiger partial charge in [-0.1, -0.05) is 37.1 Å². The molecule has 0 saturated heterocycles. The Morgan fingerprint density at radius 3 is 2.60 bits per heavy atom. The van der Waals surface area contributed by atoms with Gasteiger partial charge in [-0.15, -0.1) is 0 Å². The van der Waals surface area contributed by atoms with E-state index in [4.69, 9.17) is 5.73 Å². The molecule has 0 aliphatic heterocycles. The van der Waals surface area contributed by atoms with Gasteiger partial charge in [-0.3, -0.25) is 9.69 Å². The minimum absolute atomic E-state index is 0.0869. The highest BCUT2D eigenvalue weighted by Gasteiger charge is 2.31. The Bertz CT molecular complexity index is 1030. The van der Waals surface area contributed by atoms with Crippen LogP contribution in [0.15, 0.2) is 48.7 Å². The molecular formula is C27H39N5O3. The van der Waals surface area contributed by atoms with Crippen LogP contribution in [0.5, 0.6) is 0 Å². The number of carbonyl (C=O) groups is 1. The minimum Gasteiger partial charge on any atom is -0.395 e. The number of carbonyl (C=O) groups excluding carboxylic acids is 1. The van der Waals surface area contributed by atoms with E-state index < -0.39 is 5.60 Å². The maximum absolute atomic E-state index is 11.2. The predicted molar refractivity (Wildman–Crippen MR) is 140 cm³/mol. The number of para-hydroxylation sites is 1. The van der Waals surface area contributed by atoms with E-state index in [0.717, 1.165) is 68.1 Å². The van der Waals surface area contributed by atoms with Crippen molar-refractivity contribution in [1.82, 2.24) is 20.2 Å². The van der Waals surface area contributed by atoms with Crippen molar-refractivity contribution in [3.05, 3.63) is 59.9 Å². The molecule has 1 saturated carbocycles. The molecule has 8 heteroatoms. The smallest absolute Gasteiger partial charge is 0.267 e. The molecule has 1 atom stereocenters. The average Bonchev–Trinajstić information content (AvgIpc) is 3.51. The van der Waals surface area contributed by atoms with E-state index in [1.165, 1.54) is 0 Å². The van der Waals surface area contributed by atoms with Crippen molar-refractivity contribution in [3.63, 3.8) is 0 Å². The van der Waals surface area contributed by atoms with Crippen molar-refractivity contribution in [1.29, 1.82) is 0 Å². The molecule has 190 valence electrons. The van der Waals surface area contributed by atoms with Gasteiger partial charge >= 0.3 is 0 Å². The Morgan fingerprint density at radius 2 is 1.97 bits per heavy atom. The second-order valence-corrected chi connectivity index (χ2v) is 9.44. The number of benzene rings is 1. The molecule has 0 unspecified atom stereocenters. The van der Waals surface area contributed by atoms with E-state index in [9.17, 15) is 15.0 Å². The molecule has 0 spiro atoms. The third kappa shape index (κ3) is 7.78. The van der Waals surface area contributed by atoms with E-state index >= 15 is 0 Å². The number of nitrogens with one attached hydrogen (secondary N) is 2. The summed E-state index contributed by atoms with van der Waals surface area (Å²) in [7, 11) is 1.62. The summed E-state index contributed by atoms with van der Waals surface area (Å²) in [5.41, 5.74) is 7.84. The summed E-state index contributed by atoms with van der Waals surface area (Å²) >= 11 is 0. The van der Waals surface area contributed by atoms with Gasteiger partial charge in [-0.2, -0.15) is 0 Å². The van der Waals surface area contributed by atoms with Crippen LogP contribution in [0.25, 0.3) is 10.9 Å². The van der Waals surface area contributed by atoms with Crippen LogP contribution in [-0.2, 0) is 6.42 Å². The number of pyridine rings is 1. The number of nitrogen functional groups attached to an aromatic ring is 1. The molecule has 1 fully saturated rings. The Balaban J connectivity index is 0.000000223. The molecule has 1 amide bonds. The Morgan fingerprint density at radius 1 is 1.23 bits per heavy atom. The van der Waals surface area contributed by atoms with Gasteiger partial charge < -0.3 is 26.2 Å². The third-order valence-corrected chi connectivity index (χ3v) is 6.82. The van der Waals surface area contributed by atoms with Crippen molar-refractivity contribution in [2.45, 2.75) is 57.1 Å². The lowest BCUT2D eigenvalue weighted by molar-refractivity contribution is 0.0200. The first-order chi connectivity index (χ1) is 16.8. The van der Waals surface area contributed by atoms with Crippen LogP contribution in [0.2, 0.25) is 0 Å². The number of aromatic amines is 1.